The highest BCUT2D eigenvalue weighted by Crippen LogP contribution is 2.30. The molecule has 106 valence electrons. The van der Waals surface area contributed by atoms with Crippen LogP contribution in [-0.2, 0) is 9.59 Å². The minimum atomic E-state index is -0.151. The molecule has 0 radical (unpaired) electrons. The molecule has 2 heterocycles. The van der Waals surface area contributed by atoms with Crippen molar-refractivity contribution in [1.82, 2.24) is 10.3 Å². The van der Waals surface area contributed by atoms with Gasteiger partial charge in [-0.2, -0.15) is 0 Å². The van der Waals surface area contributed by atoms with Gasteiger partial charge in [0.05, 0.1) is 10.6 Å². The van der Waals surface area contributed by atoms with Crippen molar-refractivity contribution < 1.29 is 9.59 Å². The van der Waals surface area contributed by atoms with E-state index in [1.807, 2.05) is 24.4 Å². The van der Waals surface area contributed by atoms with Crippen LogP contribution >= 0.6 is 22.7 Å². The molecule has 2 aromatic heterocycles. The molecule has 0 aliphatic carbocycles. The number of thiophene rings is 1. The summed E-state index contributed by atoms with van der Waals surface area (Å²) in [6.45, 7) is 3.81. The van der Waals surface area contributed by atoms with Crippen LogP contribution in [-0.4, -0.2) is 23.3 Å². The number of anilines is 1. The second kappa shape index (κ2) is 6.62. The molecular weight excluding hydrogens is 294 g/mol. The molecule has 0 bridgehead atoms. The summed E-state index contributed by atoms with van der Waals surface area (Å²) in [6.07, 6.45) is 0.243. The second-order valence-electron chi connectivity index (χ2n) is 4.23. The lowest BCUT2D eigenvalue weighted by molar-refractivity contribution is -0.119. The molecule has 2 aromatic rings. The number of carbonyl (C=O) groups is 2. The summed E-state index contributed by atoms with van der Waals surface area (Å²) in [5.74, 6) is -0.288. The van der Waals surface area contributed by atoms with Crippen LogP contribution in [0, 0.1) is 6.92 Å². The van der Waals surface area contributed by atoms with Gasteiger partial charge in [-0.05, 0) is 19.1 Å². The lowest BCUT2D eigenvalue weighted by Crippen LogP contribution is -2.25. The number of aromatic nitrogens is 1. The molecule has 20 heavy (non-hydrogen) atoms. The summed E-state index contributed by atoms with van der Waals surface area (Å²) in [4.78, 5) is 29.1. The summed E-state index contributed by atoms with van der Waals surface area (Å²) in [5, 5.41) is 7.82. The zero-order valence-electron chi connectivity index (χ0n) is 11.2. The van der Waals surface area contributed by atoms with Gasteiger partial charge in [0.1, 0.15) is 0 Å². The predicted octanol–water partition coefficient (Wildman–Crippen LogP) is 2.64. The third kappa shape index (κ3) is 4.14. The van der Waals surface area contributed by atoms with E-state index in [0.717, 1.165) is 10.6 Å². The molecule has 2 rings (SSSR count). The monoisotopic (exact) mass is 309 g/mol. The van der Waals surface area contributed by atoms with Gasteiger partial charge in [0.15, 0.2) is 5.13 Å². The maximum atomic E-state index is 11.7. The van der Waals surface area contributed by atoms with Gasteiger partial charge in [-0.1, -0.05) is 0 Å². The van der Waals surface area contributed by atoms with Crippen molar-refractivity contribution in [3.05, 3.63) is 22.4 Å². The molecule has 7 heteroatoms. The van der Waals surface area contributed by atoms with Crippen molar-refractivity contribution in [2.75, 3.05) is 11.9 Å². The molecule has 5 nitrogen and oxygen atoms in total. The van der Waals surface area contributed by atoms with Gasteiger partial charge in [-0.3, -0.25) is 9.59 Å². The number of rotatable bonds is 5. The van der Waals surface area contributed by atoms with Crippen LogP contribution in [0.4, 0.5) is 5.13 Å². The van der Waals surface area contributed by atoms with Crippen molar-refractivity contribution in [3.63, 3.8) is 0 Å². The van der Waals surface area contributed by atoms with E-state index in [-0.39, 0.29) is 18.2 Å². The predicted molar refractivity (Wildman–Crippen MR) is 82.1 cm³/mol. The molecule has 2 amide bonds. The number of amides is 2. The Balaban J connectivity index is 1.89. The summed E-state index contributed by atoms with van der Waals surface area (Å²) in [6, 6.07) is 4.07. The van der Waals surface area contributed by atoms with Crippen LogP contribution < -0.4 is 10.6 Å². The fourth-order valence-corrected chi connectivity index (χ4v) is 3.18. The Morgan fingerprint density at radius 1 is 1.35 bits per heavy atom. The molecular formula is C13H15N3O2S2. The van der Waals surface area contributed by atoms with Gasteiger partial charge < -0.3 is 10.6 Å². The Morgan fingerprint density at radius 2 is 2.15 bits per heavy atom. The Labute approximate surface area is 125 Å². The van der Waals surface area contributed by atoms with E-state index < -0.39 is 0 Å². The van der Waals surface area contributed by atoms with Crippen molar-refractivity contribution in [3.8, 4) is 10.6 Å². The zero-order chi connectivity index (χ0) is 14.5. The molecule has 0 atom stereocenters. The Bertz CT molecular complexity index is 619. The van der Waals surface area contributed by atoms with Crippen LogP contribution in [0.15, 0.2) is 17.5 Å². The summed E-state index contributed by atoms with van der Waals surface area (Å²) < 4.78 is 0. The maximum absolute atomic E-state index is 11.7. The van der Waals surface area contributed by atoms with Gasteiger partial charge in [0.25, 0.3) is 0 Å². The van der Waals surface area contributed by atoms with Crippen molar-refractivity contribution in [2.24, 2.45) is 0 Å². The van der Waals surface area contributed by atoms with Crippen molar-refractivity contribution in [1.29, 1.82) is 0 Å². The van der Waals surface area contributed by atoms with Gasteiger partial charge in [0, 0.05) is 30.1 Å². The number of aryl methyl sites for hydroxylation is 1. The van der Waals surface area contributed by atoms with Gasteiger partial charge in [-0.25, -0.2) is 4.98 Å². The first-order valence-corrected chi connectivity index (χ1v) is 7.81. The Hall–Kier alpha value is -1.73. The minimum Gasteiger partial charge on any atom is -0.356 e. The first-order chi connectivity index (χ1) is 9.54. The molecule has 0 aliphatic rings. The average Bonchev–Trinajstić information content (AvgIpc) is 2.97. The van der Waals surface area contributed by atoms with E-state index >= 15 is 0 Å². The van der Waals surface area contributed by atoms with E-state index in [1.165, 1.54) is 23.1 Å². The number of hydrogen-bond acceptors (Lipinski definition) is 5. The number of thiazole rings is 1. The first kappa shape index (κ1) is 14.7. The van der Waals surface area contributed by atoms with E-state index in [4.69, 9.17) is 0 Å². The van der Waals surface area contributed by atoms with Gasteiger partial charge >= 0.3 is 0 Å². The third-order valence-corrected chi connectivity index (χ3v) is 4.25. The smallest absolute Gasteiger partial charge is 0.227 e. The summed E-state index contributed by atoms with van der Waals surface area (Å²) in [5.41, 5.74) is 0.880. The first-order valence-electron chi connectivity index (χ1n) is 6.11. The molecule has 0 fully saturated rings. The van der Waals surface area contributed by atoms with Crippen LogP contribution in [0.25, 0.3) is 10.6 Å². The fourth-order valence-electron chi connectivity index (χ4n) is 1.55. The van der Waals surface area contributed by atoms with E-state index in [2.05, 4.69) is 15.6 Å². The maximum Gasteiger partial charge on any atom is 0.227 e. The number of carbonyl (C=O) groups excluding carboxylic acids is 2. The highest BCUT2D eigenvalue weighted by atomic mass is 32.1. The van der Waals surface area contributed by atoms with Crippen molar-refractivity contribution in [2.45, 2.75) is 20.3 Å². The SMILES string of the molecule is CC(=O)NCCC(=O)Nc1nc(-c2ccc(C)s2)cs1. The normalized spacial score (nSPS) is 10.3. The molecule has 0 saturated carbocycles. The third-order valence-electron chi connectivity index (χ3n) is 2.47. The van der Waals surface area contributed by atoms with Crippen molar-refractivity contribution >= 4 is 39.6 Å². The molecule has 0 aromatic carbocycles. The molecule has 0 aliphatic heterocycles. The van der Waals surface area contributed by atoms with E-state index in [9.17, 15) is 9.59 Å². The summed E-state index contributed by atoms with van der Waals surface area (Å²) in [7, 11) is 0. The standard InChI is InChI=1S/C13H15N3O2S2/c1-8-3-4-11(20-8)10-7-19-13(15-10)16-12(18)5-6-14-9(2)17/h3-4,7H,5-6H2,1-2H3,(H,14,17)(H,15,16,18). The highest BCUT2D eigenvalue weighted by Gasteiger charge is 2.09. The molecule has 0 saturated heterocycles. The van der Waals surface area contributed by atoms with Crippen LogP contribution in [0.1, 0.15) is 18.2 Å². The summed E-state index contributed by atoms with van der Waals surface area (Å²) >= 11 is 3.07. The van der Waals surface area contributed by atoms with Crippen LogP contribution in [0.5, 0.6) is 0 Å². The molecule has 2 N–H and O–H groups in total. The second-order valence-corrected chi connectivity index (χ2v) is 6.38. The number of nitrogens with one attached hydrogen (secondary N) is 2. The van der Waals surface area contributed by atoms with Gasteiger partial charge in [-0.15, -0.1) is 22.7 Å². The quantitative estimate of drug-likeness (QED) is 0.892. The largest absolute Gasteiger partial charge is 0.356 e. The lowest BCUT2D eigenvalue weighted by atomic mass is 10.4. The highest BCUT2D eigenvalue weighted by molar-refractivity contribution is 7.17. The van der Waals surface area contributed by atoms with E-state index in [0.29, 0.717) is 11.7 Å². The van der Waals surface area contributed by atoms with Crippen LogP contribution in [0.2, 0.25) is 0 Å². The number of hydrogen-bond donors (Lipinski definition) is 2. The van der Waals surface area contributed by atoms with Gasteiger partial charge in [0.2, 0.25) is 11.8 Å². The average molecular weight is 309 g/mol. The fraction of sp³-hybridized carbons (Fsp3) is 0.308. The number of nitrogens with zero attached hydrogens (tertiary/aromatic N) is 1. The molecule has 0 unspecified atom stereocenters. The van der Waals surface area contributed by atoms with Crippen LogP contribution in [0.3, 0.4) is 0 Å². The topological polar surface area (TPSA) is 71.1 Å². The zero-order valence-corrected chi connectivity index (χ0v) is 12.9. The molecule has 0 spiro atoms. The Kier molecular flexibility index (Phi) is 4.86. The Morgan fingerprint density at radius 3 is 2.80 bits per heavy atom. The van der Waals surface area contributed by atoms with E-state index in [1.54, 1.807) is 11.3 Å². The lowest BCUT2D eigenvalue weighted by Gasteiger charge is -2.02. The minimum absolute atomic E-state index is 0.137.